The SMILES string of the molecule is CC(C)(N)c1noc(-c2ccoc2Br)n1. The van der Waals surface area contributed by atoms with E-state index in [1.54, 1.807) is 6.07 Å². The summed E-state index contributed by atoms with van der Waals surface area (Å²) in [5, 5.41) is 3.81. The maximum absolute atomic E-state index is 5.84. The molecule has 0 unspecified atom stereocenters. The Kier molecular flexibility index (Phi) is 2.40. The van der Waals surface area contributed by atoms with Gasteiger partial charge in [0, 0.05) is 0 Å². The van der Waals surface area contributed by atoms with Crippen LogP contribution in [0.15, 0.2) is 25.9 Å². The molecule has 0 saturated carbocycles. The lowest BCUT2D eigenvalue weighted by Gasteiger charge is -2.11. The fraction of sp³-hybridized carbons (Fsp3) is 0.333. The van der Waals surface area contributed by atoms with E-state index in [9.17, 15) is 0 Å². The van der Waals surface area contributed by atoms with Crippen LogP contribution >= 0.6 is 15.9 Å². The van der Waals surface area contributed by atoms with E-state index < -0.39 is 5.54 Å². The molecule has 0 aliphatic carbocycles. The molecular weight excluding hydrogens is 262 g/mol. The largest absolute Gasteiger partial charge is 0.457 e. The fourth-order valence-corrected chi connectivity index (χ4v) is 1.45. The normalized spacial score (nSPS) is 12.0. The Bertz CT molecular complexity index is 470. The van der Waals surface area contributed by atoms with Crippen LogP contribution in [-0.2, 0) is 5.54 Å². The van der Waals surface area contributed by atoms with E-state index in [1.807, 2.05) is 13.8 Å². The van der Waals surface area contributed by atoms with Gasteiger partial charge in [0.25, 0.3) is 5.89 Å². The summed E-state index contributed by atoms with van der Waals surface area (Å²) in [4.78, 5) is 4.19. The van der Waals surface area contributed by atoms with Crippen molar-refractivity contribution < 1.29 is 8.94 Å². The molecule has 0 saturated heterocycles. The summed E-state index contributed by atoms with van der Waals surface area (Å²) < 4.78 is 10.7. The Morgan fingerprint density at radius 2 is 2.20 bits per heavy atom. The smallest absolute Gasteiger partial charge is 0.262 e. The van der Waals surface area contributed by atoms with Crippen molar-refractivity contribution in [3.63, 3.8) is 0 Å². The van der Waals surface area contributed by atoms with Crippen LogP contribution in [0, 0.1) is 0 Å². The van der Waals surface area contributed by atoms with E-state index in [0.717, 1.165) is 5.56 Å². The van der Waals surface area contributed by atoms with Crippen molar-refractivity contribution in [2.75, 3.05) is 0 Å². The molecule has 6 heteroatoms. The minimum atomic E-state index is -0.613. The molecule has 0 spiro atoms. The summed E-state index contributed by atoms with van der Waals surface area (Å²) in [5.41, 5.74) is 5.95. The molecular formula is C9H10BrN3O2. The number of nitrogens with zero attached hydrogens (tertiary/aromatic N) is 2. The van der Waals surface area contributed by atoms with Crippen LogP contribution in [0.3, 0.4) is 0 Å². The maximum atomic E-state index is 5.84. The molecule has 0 radical (unpaired) electrons. The third-order valence-corrected chi connectivity index (χ3v) is 2.46. The summed E-state index contributed by atoms with van der Waals surface area (Å²) in [6.07, 6.45) is 1.54. The zero-order chi connectivity index (χ0) is 11.1. The Morgan fingerprint density at radius 1 is 1.47 bits per heavy atom. The second-order valence-electron chi connectivity index (χ2n) is 3.75. The number of hydrogen-bond donors (Lipinski definition) is 1. The topological polar surface area (TPSA) is 78.1 Å². The summed E-state index contributed by atoms with van der Waals surface area (Å²) in [6.45, 7) is 3.62. The Morgan fingerprint density at radius 3 is 2.67 bits per heavy atom. The molecule has 0 amide bonds. The lowest BCUT2D eigenvalue weighted by atomic mass is 10.1. The molecule has 2 heterocycles. The molecule has 2 aromatic rings. The molecule has 15 heavy (non-hydrogen) atoms. The van der Waals surface area contributed by atoms with Gasteiger partial charge in [-0.1, -0.05) is 5.16 Å². The standard InChI is InChI=1S/C9H10BrN3O2/c1-9(2,11)8-12-7(15-13-8)5-3-4-14-6(5)10/h3-4H,11H2,1-2H3. The van der Waals surface area contributed by atoms with Crippen molar-refractivity contribution >= 4 is 15.9 Å². The molecule has 0 aromatic carbocycles. The predicted molar refractivity (Wildman–Crippen MR) is 56.9 cm³/mol. The first-order valence-corrected chi connectivity index (χ1v) is 5.14. The van der Waals surface area contributed by atoms with Crippen LogP contribution in [0.4, 0.5) is 0 Å². The molecule has 0 aliphatic rings. The first kappa shape index (κ1) is 10.4. The van der Waals surface area contributed by atoms with Gasteiger partial charge in [-0.05, 0) is 35.8 Å². The van der Waals surface area contributed by atoms with Crippen molar-refractivity contribution in [3.05, 3.63) is 22.8 Å². The van der Waals surface area contributed by atoms with Crippen molar-refractivity contribution in [1.82, 2.24) is 10.1 Å². The molecule has 0 aliphatic heterocycles. The van der Waals surface area contributed by atoms with Crippen molar-refractivity contribution in [1.29, 1.82) is 0 Å². The third kappa shape index (κ3) is 1.95. The van der Waals surface area contributed by atoms with E-state index >= 15 is 0 Å². The van der Waals surface area contributed by atoms with E-state index in [2.05, 4.69) is 26.1 Å². The van der Waals surface area contributed by atoms with Gasteiger partial charge in [0.1, 0.15) is 0 Å². The van der Waals surface area contributed by atoms with Crippen LogP contribution in [0.5, 0.6) is 0 Å². The highest BCUT2D eigenvalue weighted by Gasteiger charge is 2.23. The summed E-state index contributed by atoms with van der Waals surface area (Å²) in [5.74, 6) is 0.856. The Hall–Kier alpha value is -1.14. The number of furan rings is 1. The maximum Gasteiger partial charge on any atom is 0.262 e. The quantitative estimate of drug-likeness (QED) is 0.907. The fourth-order valence-electron chi connectivity index (χ4n) is 1.04. The molecule has 2 N–H and O–H groups in total. The molecule has 2 aromatic heterocycles. The highest BCUT2D eigenvalue weighted by Crippen LogP contribution is 2.28. The van der Waals surface area contributed by atoms with Crippen LogP contribution in [-0.4, -0.2) is 10.1 Å². The average Bonchev–Trinajstić information content (AvgIpc) is 2.69. The van der Waals surface area contributed by atoms with Gasteiger partial charge in [0.2, 0.25) is 0 Å². The van der Waals surface area contributed by atoms with Gasteiger partial charge in [-0.25, -0.2) is 0 Å². The Balaban J connectivity index is 2.41. The van der Waals surface area contributed by atoms with Gasteiger partial charge in [-0.2, -0.15) is 4.98 Å². The lowest BCUT2D eigenvalue weighted by molar-refractivity contribution is 0.396. The molecule has 0 atom stereocenters. The molecule has 0 bridgehead atoms. The second kappa shape index (κ2) is 3.46. The molecule has 5 nitrogen and oxygen atoms in total. The van der Waals surface area contributed by atoms with E-state index in [1.165, 1.54) is 6.26 Å². The van der Waals surface area contributed by atoms with Crippen LogP contribution in [0.2, 0.25) is 0 Å². The van der Waals surface area contributed by atoms with Crippen LogP contribution in [0.25, 0.3) is 11.5 Å². The highest BCUT2D eigenvalue weighted by molar-refractivity contribution is 9.10. The number of rotatable bonds is 2. The number of nitrogens with two attached hydrogens (primary N) is 1. The molecule has 80 valence electrons. The lowest BCUT2D eigenvalue weighted by Crippen LogP contribution is -2.30. The van der Waals surface area contributed by atoms with Crippen LogP contribution < -0.4 is 5.73 Å². The number of hydrogen-bond acceptors (Lipinski definition) is 5. The van der Waals surface area contributed by atoms with Crippen molar-refractivity contribution in [2.24, 2.45) is 5.73 Å². The number of aromatic nitrogens is 2. The zero-order valence-electron chi connectivity index (χ0n) is 8.32. The van der Waals surface area contributed by atoms with E-state index in [-0.39, 0.29) is 0 Å². The summed E-state index contributed by atoms with van der Waals surface area (Å²) in [7, 11) is 0. The second-order valence-corrected chi connectivity index (χ2v) is 4.47. The average molecular weight is 272 g/mol. The highest BCUT2D eigenvalue weighted by atomic mass is 79.9. The van der Waals surface area contributed by atoms with E-state index in [0.29, 0.717) is 16.4 Å². The van der Waals surface area contributed by atoms with Crippen molar-refractivity contribution in [2.45, 2.75) is 19.4 Å². The monoisotopic (exact) mass is 271 g/mol. The van der Waals surface area contributed by atoms with Gasteiger partial charge in [0.15, 0.2) is 10.5 Å². The van der Waals surface area contributed by atoms with Gasteiger partial charge in [-0.3, -0.25) is 0 Å². The minimum Gasteiger partial charge on any atom is -0.457 e. The summed E-state index contributed by atoms with van der Waals surface area (Å²) >= 11 is 3.24. The van der Waals surface area contributed by atoms with E-state index in [4.69, 9.17) is 14.7 Å². The number of halogens is 1. The molecule has 2 rings (SSSR count). The minimum absolute atomic E-state index is 0.393. The predicted octanol–water partition coefficient (Wildman–Crippen LogP) is 2.29. The van der Waals surface area contributed by atoms with Gasteiger partial charge in [0.05, 0.1) is 17.4 Å². The first-order chi connectivity index (χ1) is 6.98. The van der Waals surface area contributed by atoms with Gasteiger partial charge >= 0.3 is 0 Å². The first-order valence-electron chi connectivity index (χ1n) is 4.35. The summed E-state index contributed by atoms with van der Waals surface area (Å²) in [6, 6.07) is 1.74. The molecule has 0 fully saturated rings. The Labute approximate surface area is 94.8 Å². The van der Waals surface area contributed by atoms with Crippen LogP contribution in [0.1, 0.15) is 19.7 Å². The zero-order valence-corrected chi connectivity index (χ0v) is 9.91. The van der Waals surface area contributed by atoms with Gasteiger partial charge in [-0.15, -0.1) is 0 Å². The third-order valence-electron chi connectivity index (χ3n) is 1.85. The van der Waals surface area contributed by atoms with Gasteiger partial charge < -0.3 is 14.7 Å². The van der Waals surface area contributed by atoms with Crippen molar-refractivity contribution in [3.8, 4) is 11.5 Å².